The maximum Gasteiger partial charge on any atom is 0.258 e. The number of rotatable bonds is 3. The number of benzene rings is 2. The molecule has 6 heteroatoms. The highest BCUT2D eigenvalue weighted by molar-refractivity contribution is 6.08. The summed E-state index contributed by atoms with van der Waals surface area (Å²) in [6, 6.07) is 8.53. The van der Waals surface area contributed by atoms with Crippen molar-refractivity contribution >= 4 is 17.5 Å². The Morgan fingerprint density at radius 1 is 1.00 bits per heavy atom. The zero-order valence-corrected chi connectivity index (χ0v) is 10.2. The summed E-state index contributed by atoms with van der Waals surface area (Å²) in [6.45, 7) is 0. The van der Waals surface area contributed by atoms with Crippen LogP contribution < -0.4 is 11.1 Å². The minimum atomic E-state index is -0.865. The van der Waals surface area contributed by atoms with E-state index in [0.717, 1.165) is 18.2 Å². The summed E-state index contributed by atoms with van der Waals surface area (Å²) < 4.78 is 26.5. The van der Waals surface area contributed by atoms with Crippen LogP contribution >= 0.6 is 0 Å². The van der Waals surface area contributed by atoms with E-state index in [1.807, 2.05) is 0 Å². The van der Waals surface area contributed by atoms with Crippen molar-refractivity contribution in [1.82, 2.24) is 0 Å². The maximum absolute atomic E-state index is 13.5. The zero-order valence-electron chi connectivity index (χ0n) is 10.2. The standard InChI is InChI=1S/C14H10F2N2O2/c15-8-5-6-11(16)10(7-8)14(20)18-12-4-2-1-3-9(12)13(17)19/h1-7H,(H2,17,19)(H,18,20). The maximum atomic E-state index is 13.5. The van der Waals surface area contributed by atoms with Crippen molar-refractivity contribution in [3.05, 3.63) is 65.2 Å². The van der Waals surface area contributed by atoms with Gasteiger partial charge in [0.15, 0.2) is 0 Å². The number of para-hydroxylation sites is 1. The van der Waals surface area contributed by atoms with Gasteiger partial charge in [-0.3, -0.25) is 9.59 Å². The van der Waals surface area contributed by atoms with Crippen molar-refractivity contribution < 1.29 is 18.4 Å². The van der Waals surface area contributed by atoms with Crippen LogP contribution in [0.3, 0.4) is 0 Å². The van der Waals surface area contributed by atoms with E-state index in [9.17, 15) is 18.4 Å². The normalized spacial score (nSPS) is 10.1. The Balaban J connectivity index is 2.33. The van der Waals surface area contributed by atoms with Crippen molar-refractivity contribution in [1.29, 1.82) is 0 Å². The second-order valence-electron chi connectivity index (χ2n) is 3.99. The van der Waals surface area contributed by atoms with E-state index >= 15 is 0 Å². The van der Waals surface area contributed by atoms with E-state index < -0.39 is 29.0 Å². The molecule has 0 unspecified atom stereocenters. The number of carbonyl (C=O) groups is 2. The Kier molecular flexibility index (Phi) is 3.74. The van der Waals surface area contributed by atoms with Crippen LogP contribution in [0.1, 0.15) is 20.7 Å². The van der Waals surface area contributed by atoms with Gasteiger partial charge in [0.25, 0.3) is 11.8 Å². The minimum Gasteiger partial charge on any atom is -0.366 e. The molecule has 0 radical (unpaired) electrons. The fourth-order valence-electron chi connectivity index (χ4n) is 1.67. The molecule has 0 aliphatic carbocycles. The molecule has 4 nitrogen and oxygen atoms in total. The third-order valence-electron chi connectivity index (χ3n) is 2.61. The van der Waals surface area contributed by atoms with Crippen LogP contribution in [0.15, 0.2) is 42.5 Å². The van der Waals surface area contributed by atoms with Crippen LogP contribution in [0.4, 0.5) is 14.5 Å². The quantitative estimate of drug-likeness (QED) is 0.903. The van der Waals surface area contributed by atoms with E-state index in [-0.39, 0.29) is 11.3 Å². The molecule has 0 aromatic heterocycles. The molecule has 2 amide bonds. The summed E-state index contributed by atoms with van der Waals surface area (Å²) in [5.74, 6) is -3.20. The van der Waals surface area contributed by atoms with Crippen LogP contribution in [-0.4, -0.2) is 11.8 Å². The van der Waals surface area contributed by atoms with Crippen LogP contribution in [0, 0.1) is 11.6 Å². The SMILES string of the molecule is NC(=O)c1ccccc1NC(=O)c1cc(F)ccc1F. The lowest BCUT2D eigenvalue weighted by Gasteiger charge is -2.09. The fraction of sp³-hybridized carbons (Fsp3) is 0. The summed E-state index contributed by atoms with van der Waals surface area (Å²) in [5.41, 5.74) is 4.92. The molecule has 0 saturated carbocycles. The fourth-order valence-corrected chi connectivity index (χ4v) is 1.67. The number of nitrogens with two attached hydrogens (primary N) is 1. The molecule has 20 heavy (non-hydrogen) atoms. The first-order valence-electron chi connectivity index (χ1n) is 5.64. The number of halogens is 2. The van der Waals surface area contributed by atoms with Gasteiger partial charge in [0.1, 0.15) is 11.6 Å². The smallest absolute Gasteiger partial charge is 0.258 e. The van der Waals surface area contributed by atoms with Crippen molar-refractivity contribution in [2.45, 2.75) is 0 Å². The van der Waals surface area contributed by atoms with Gasteiger partial charge in [0, 0.05) is 0 Å². The van der Waals surface area contributed by atoms with Crippen LogP contribution in [0.25, 0.3) is 0 Å². The van der Waals surface area contributed by atoms with Crippen molar-refractivity contribution in [3.8, 4) is 0 Å². The molecule has 2 aromatic rings. The van der Waals surface area contributed by atoms with Crippen molar-refractivity contribution in [3.63, 3.8) is 0 Å². The van der Waals surface area contributed by atoms with Crippen molar-refractivity contribution in [2.24, 2.45) is 5.73 Å². The number of primary amides is 1. The molecule has 0 spiro atoms. The van der Waals surface area contributed by atoms with Gasteiger partial charge in [0.2, 0.25) is 0 Å². The Bertz CT molecular complexity index is 687. The molecule has 0 bridgehead atoms. The lowest BCUT2D eigenvalue weighted by molar-refractivity contribution is 0.100. The first-order chi connectivity index (χ1) is 9.49. The molecule has 3 N–H and O–H groups in total. The van der Waals surface area contributed by atoms with Gasteiger partial charge in [-0.15, -0.1) is 0 Å². The largest absolute Gasteiger partial charge is 0.366 e. The second kappa shape index (κ2) is 5.48. The molecule has 0 aliphatic heterocycles. The van der Waals surface area contributed by atoms with Gasteiger partial charge in [-0.1, -0.05) is 12.1 Å². The summed E-state index contributed by atoms with van der Waals surface area (Å²) in [7, 11) is 0. The van der Waals surface area contributed by atoms with Gasteiger partial charge in [-0.05, 0) is 30.3 Å². The summed E-state index contributed by atoms with van der Waals surface area (Å²) in [6.07, 6.45) is 0. The molecule has 2 rings (SSSR count). The number of hydrogen-bond acceptors (Lipinski definition) is 2. The first kappa shape index (κ1) is 13.7. The van der Waals surface area contributed by atoms with E-state index in [0.29, 0.717) is 0 Å². The topological polar surface area (TPSA) is 72.2 Å². The van der Waals surface area contributed by atoms with Gasteiger partial charge in [0.05, 0.1) is 16.8 Å². The Morgan fingerprint density at radius 3 is 2.40 bits per heavy atom. The van der Waals surface area contributed by atoms with E-state index in [1.165, 1.54) is 12.1 Å². The van der Waals surface area contributed by atoms with Gasteiger partial charge in [-0.25, -0.2) is 8.78 Å². The number of amides is 2. The second-order valence-corrected chi connectivity index (χ2v) is 3.99. The highest BCUT2D eigenvalue weighted by Crippen LogP contribution is 2.17. The minimum absolute atomic E-state index is 0.0812. The monoisotopic (exact) mass is 276 g/mol. The lowest BCUT2D eigenvalue weighted by atomic mass is 10.1. The highest BCUT2D eigenvalue weighted by atomic mass is 19.1. The number of anilines is 1. The molecule has 102 valence electrons. The molecule has 2 aromatic carbocycles. The van der Waals surface area contributed by atoms with Gasteiger partial charge in [-0.2, -0.15) is 0 Å². The Labute approximate surface area is 113 Å². The Hall–Kier alpha value is -2.76. The Morgan fingerprint density at radius 2 is 1.70 bits per heavy atom. The molecule has 0 heterocycles. The third-order valence-corrected chi connectivity index (χ3v) is 2.61. The summed E-state index contributed by atoms with van der Waals surface area (Å²) in [4.78, 5) is 23.1. The summed E-state index contributed by atoms with van der Waals surface area (Å²) in [5, 5.41) is 2.33. The predicted molar refractivity (Wildman–Crippen MR) is 69.3 cm³/mol. The van der Waals surface area contributed by atoms with E-state index in [4.69, 9.17) is 5.73 Å². The molecular weight excluding hydrogens is 266 g/mol. The van der Waals surface area contributed by atoms with Crippen LogP contribution in [0.5, 0.6) is 0 Å². The zero-order chi connectivity index (χ0) is 14.7. The number of hydrogen-bond donors (Lipinski definition) is 2. The first-order valence-corrected chi connectivity index (χ1v) is 5.64. The molecule has 0 saturated heterocycles. The van der Waals surface area contributed by atoms with Crippen LogP contribution in [-0.2, 0) is 0 Å². The summed E-state index contributed by atoms with van der Waals surface area (Å²) >= 11 is 0. The van der Waals surface area contributed by atoms with Crippen molar-refractivity contribution in [2.75, 3.05) is 5.32 Å². The highest BCUT2D eigenvalue weighted by Gasteiger charge is 2.15. The van der Waals surface area contributed by atoms with Gasteiger partial charge >= 0.3 is 0 Å². The average molecular weight is 276 g/mol. The van der Waals surface area contributed by atoms with Crippen LogP contribution in [0.2, 0.25) is 0 Å². The number of nitrogens with one attached hydrogen (secondary N) is 1. The molecular formula is C14H10F2N2O2. The molecule has 0 aliphatic rings. The predicted octanol–water partition coefficient (Wildman–Crippen LogP) is 2.32. The lowest BCUT2D eigenvalue weighted by Crippen LogP contribution is -2.19. The van der Waals surface area contributed by atoms with E-state index in [1.54, 1.807) is 12.1 Å². The van der Waals surface area contributed by atoms with Gasteiger partial charge < -0.3 is 11.1 Å². The third kappa shape index (κ3) is 2.80. The van der Waals surface area contributed by atoms with E-state index in [2.05, 4.69) is 5.32 Å². The molecule has 0 atom stereocenters. The molecule has 0 fully saturated rings. The number of carbonyl (C=O) groups excluding carboxylic acids is 2. The average Bonchev–Trinajstić information content (AvgIpc) is 2.41.